The van der Waals surface area contributed by atoms with Crippen molar-refractivity contribution in [1.29, 1.82) is 0 Å². The third kappa shape index (κ3) is 11.9. The molecule has 0 heterocycles. The van der Waals surface area contributed by atoms with Crippen molar-refractivity contribution in [2.75, 3.05) is 6.54 Å². The van der Waals surface area contributed by atoms with Gasteiger partial charge in [-0.2, -0.15) is 4.91 Å². The van der Waals surface area contributed by atoms with Crippen molar-refractivity contribution in [2.24, 2.45) is 11.1 Å². The maximum absolute atomic E-state index is 9.90. The van der Waals surface area contributed by atoms with Crippen LogP contribution in [-0.4, -0.2) is 6.54 Å². The molecule has 0 N–H and O–H groups in total. The van der Waals surface area contributed by atoms with Crippen molar-refractivity contribution < 1.29 is 0 Å². The quantitative estimate of drug-likeness (QED) is 0.300. The Labute approximate surface area is 108 Å². The average molecular weight is 241 g/mol. The van der Waals surface area contributed by atoms with Crippen molar-refractivity contribution >= 4 is 0 Å². The van der Waals surface area contributed by atoms with E-state index in [2.05, 4.69) is 19.0 Å². The van der Waals surface area contributed by atoms with Gasteiger partial charge in [0, 0.05) is 0 Å². The second-order valence-corrected chi connectivity index (χ2v) is 5.18. The van der Waals surface area contributed by atoms with Crippen LogP contribution < -0.4 is 0 Å². The van der Waals surface area contributed by atoms with Gasteiger partial charge in [-0.05, 0) is 12.3 Å². The standard InChI is InChI=1S/C15H31NO/c1-3-5-9-12-15(4-2)13-10-7-6-8-11-14-16-17/h15H,3-14H2,1-2H3/t15-/m0/s1. The highest BCUT2D eigenvalue weighted by molar-refractivity contribution is 4.58. The van der Waals surface area contributed by atoms with Gasteiger partial charge in [0.05, 0.1) is 6.54 Å². The Kier molecular flexibility index (Phi) is 13.3. The highest BCUT2D eigenvalue weighted by Gasteiger charge is 2.05. The lowest BCUT2D eigenvalue weighted by atomic mass is 9.92. The normalized spacial score (nSPS) is 12.6. The van der Waals surface area contributed by atoms with E-state index >= 15 is 0 Å². The van der Waals surface area contributed by atoms with Gasteiger partial charge < -0.3 is 0 Å². The monoisotopic (exact) mass is 241 g/mol. The van der Waals surface area contributed by atoms with E-state index in [1.165, 1.54) is 64.2 Å². The van der Waals surface area contributed by atoms with Crippen LogP contribution >= 0.6 is 0 Å². The first-order chi connectivity index (χ1) is 8.35. The van der Waals surface area contributed by atoms with Crippen LogP contribution in [0, 0.1) is 10.8 Å². The molecule has 0 aromatic heterocycles. The van der Waals surface area contributed by atoms with Crippen LogP contribution in [0.25, 0.3) is 0 Å². The summed E-state index contributed by atoms with van der Waals surface area (Å²) in [6.45, 7) is 5.11. The Balaban J connectivity index is 3.27. The fraction of sp³-hybridized carbons (Fsp3) is 1.00. The smallest absolute Gasteiger partial charge is 0.0811 e. The fourth-order valence-electron chi connectivity index (χ4n) is 2.38. The molecule has 2 heteroatoms. The van der Waals surface area contributed by atoms with Crippen molar-refractivity contribution in [3.05, 3.63) is 4.91 Å². The first-order valence-electron chi connectivity index (χ1n) is 7.64. The molecule has 0 amide bonds. The summed E-state index contributed by atoms with van der Waals surface area (Å²) in [5.41, 5.74) is 0. The number of hydrogen-bond donors (Lipinski definition) is 0. The van der Waals surface area contributed by atoms with Crippen LogP contribution in [0.3, 0.4) is 0 Å². The molecule has 0 saturated heterocycles. The minimum absolute atomic E-state index is 0.509. The molecule has 0 rings (SSSR count). The molecule has 0 radical (unpaired) electrons. The Morgan fingerprint density at radius 3 is 2.00 bits per heavy atom. The molecular weight excluding hydrogens is 210 g/mol. The van der Waals surface area contributed by atoms with Crippen molar-refractivity contribution in [3.8, 4) is 0 Å². The average Bonchev–Trinajstić information content (AvgIpc) is 2.35. The molecule has 2 nitrogen and oxygen atoms in total. The van der Waals surface area contributed by atoms with Crippen LogP contribution in [0.15, 0.2) is 5.18 Å². The third-order valence-electron chi connectivity index (χ3n) is 3.66. The molecule has 0 fully saturated rings. The zero-order valence-electron chi connectivity index (χ0n) is 11.9. The Hall–Kier alpha value is -0.400. The van der Waals surface area contributed by atoms with Crippen molar-refractivity contribution in [3.63, 3.8) is 0 Å². The molecule has 0 aromatic carbocycles. The molecule has 1 atom stereocenters. The summed E-state index contributed by atoms with van der Waals surface area (Å²) in [5, 5.41) is 2.89. The minimum Gasteiger partial charge on any atom is -0.151 e. The first kappa shape index (κ1) is 16.6. The molecule has 17 heavy (non-hydrogen) atoms. The lowest BCUT2D eigenvalue weighted by molar-refractivity contribution is 0.396. The van der Waals surface area contributed by atoms with Gasteiger partial charge in [-0.1, -0.05) is 83.2 Å². The molecule has 0 aliphatic heterocycles. The molecule has 102 valence electrons. The minimum atomic E-state index is 0.509. The molecule has 0 saturated carbocycles. The molecule has 0 aromatic rings. The van der Waals surface area contributed by atoms with E-state index < -0.39 is 0 Å². The van der Waals surface area contributed by atoms with Crippen LogP contribution in [0.2, 0.25) is 0 Å². The number of nitroso groups, excluding NO2 is 1. The predicted molar refractivity (Wildman–Crippen MR) is 76.3 cm³/mol. The van der Waals surface area contributed by atoms with Crippen LogP contribution in [0.5, 0.6) is 0 Å². The van der Waals surface area contributed by atoms with E-state index in [1.54, 1.807) is 0 Å². The van der Waals surface area contributed by atoms with Gasteiger partial charge in [0.2, 0.25) is 0 Å². The summed E-state index contributed by atoms with van der Waals surface area (Å²) in [5.74, 6) is 0.957. The number of rotatable bonds is 13. The van der Waals surface area contributed by atoms with E-state index in [1.807, 2.05) is 0 Å². The lowest BCUT2D eigenvalue weighted by Gasteiger charge is -2.14. The molecule has 0 bridgehead atoms. The van der Waals surface area contributed by atoms with Gasteiger partial charge >= 0.3 is 0 Å². The van der Waals surface area contributed by atoms with Gasteiger partial charge in [-0.25, -0.2) is 0 Å². The zero-order valence-corrected chi connectivity index (χ0v) is 11.9. The van der Waals surface area contributed by atoms with E-state index in [0.717, 1.165) is 12.3 Å². The third-order valence-corrected chi connectivity index (χ3v) is 3.66. The molecule has 0 aliphatic rings. The zero-order chi connectivity index (χ0) is 12.8. The number of unbranched alkanes of at least 4 members (excludes halogenated alkanes) is 6. The lowest BCUT2D eigenvalue weighted by Crippen LogP contribution is -1.99. The van der Waals surface area contributed by atoms with E-state index in [9.17, 15) is 4.91 Å². The first-order valence-corrected chi connectivity index (χ1v) is 7.64. The predicted octanol–water partition coefficient (Wildman–Crippen LogP) is 5.70. The highest BCUT2D eigenvalue weighted by Crippen LogP contribution is 2.20. The van der Waals surface area contributed by atoms with Crippen LogP contribution in [0.1, 0.15) is 84.5 Å². The second kappa shape index (κ2) is 13.7. The maximum atomic E-state index is 9.90. The number of nitrogens with zero attached hydrogens (tertiary/aromatic N) is 1. The van der Waals surface area contributed by atoms with Crippen molar-refractivity contribution in [1.82, 2.24) is 0 Å². The number of hydrogen-bond acceptors (Lipinski definition) is 2. The second-order valence-electron chi connectivity index (χ2n) is 5.18. The van der Waals surface area contributed by atoms with E-state index in [-0.39, 0.29) is 0 Å². The molecule has 0 aliphatic carbocycles. The Morgan fingerprint density at radius 2 is 1.41 bits per heavy atom. The van der Waals surface area contributed by atoms with E-state index in [0.29, 0.717) is 6.54 Å². The molecular formula is C15H31NO. The molecule has 0 spiro atoms. The SMILES string of the molecule is CCCCC[C@H](CC)CCCCCCCN=O. The fourth-order valence-corrected chi connectivity index (χ4v) is 2.38. The summed E-state index contributed by atoms with van der Waals surface area (Å²) in [7, 11) is 0. The maximum Gasteiger partial charge on any atom is 0.0811 e. The summed E-state index contributed by atoms with van der Waals surface area (Å²) in [4.78, 5) is 9.90. The van der Waals surface area contributed by atoms with Crippen LogP contribution in [0.4, 0.5) is 0 Å². The largest absolute Gasteiger partial charge is 0.151 e. The Bertz CT molecular complexity index is 159. The van der Waals surface area contributed by atoms with Gasteiger partial charge in [0.25, 0.3) is 0 Å². The van der Waals surface area contributed by atoms with Crippen molar-refractivity contribution in [2.45, 2.75) is 84.5 Å². The van der Waals surface area contributed by atoms with Gasteiger partial charge in [0.15, 0.2) is 0 Å². The van der Waals surface area contributed by atoms with Gasteiger partial charge in [0.1, 0.15) is 0 Å². The summed E-state index contributed by atoms with van der Waals surface area (Å²) in [6.07, 6.45) is 14.5. The van der Waals surface area contributed by atoms with E-state index in [4.69, 9.17) is 0 Å². The summed E-state index contributed by atoms with van der Waals surface area (Å²) in [6, 6.07) is 0. The van der Waals surface area contributed by atoms with Gasteiger partial charge in [-0.15, -0.1) is 0 Å². The topological polar surface area (TPSA) is 29.4 Å². The van der Waals surface area contributed by atoms with Crippen LogP contribution in [-0.2, 0) is 0 Å². The van der Waals surface area contributed by atoms with Gasteiger partial charge in [-0.3, -0.25) is 0 Å². The Morgan fingerprint density at radius 1 is 0.824 bits per heavy atom. The highest BCUT2D eigenvalue weighted by atomic mass is 16.3. The summed E-state index contributed by atoms with van der Waals surface area (Å²) >= 11 is 0. The summed E-state index contributed by atoms with van der Waals surface area (Å²) < 4.78 is 0. The molecule has 0 unspecified atom stereocenters.